The Hall–Kier alpha value is -0.0800. The van der Waals surface area contributed by atoms with Crippen molar-refractivity contribution in [2.75, 3.05) is 20.1 Å². The van der Waals surface area contributed by atoms with E-state index in [4.69, 9.17) is 0 Å². The van der Waals surface area contributed by atoms with Crippen LogP contribution in [0.1, 0.15) is 41.0 Å². The smallest absolute Gasteiger partial charge is 0.0246 e. The summed E-state index contributed by atoms with van der Waals surface area (Å²) in [5, 5.41) is 3.30. The van der Waals surface area contributed by atoms with Gasteiger partial charge < -0.3 is 5.32 Å². The molecule has 2 unspecified atom stereocenters. The summed E-state index contributed by atoms with van der Waals surface area (Å²) >= 11 is 0. The van der Waals surface area contributed by atoms with Crippen LogP contribution in [0.15, 0.2) is 0 Å². The van der Waals surface area contributed by atoms with Crippen LogP contribution < -0.4 is 5.32 Å². The third-order valence-corrected chi connectivity index (χ3v) is 3.13. The van der Waals surface area contributed by atoms with Crippen LogP contribution in [0.4, 0.5) is 0 Å². The molecule has 0 saturated heterocycles. The van der Waals surface area contributed by atoms with Gasteiger partial charge in [0.15, 0.2) is 0 Å². The number of rotatable bonds is 7. The lowest BCUT2D eigenvalue weighted by Gasteiger charge is -2.37. The van der Waals surface area contributed by atoms with Crippen molar-refractivity contribution >= 4 is 0 Å². The molecule has 0 bridgehead atoms. The van der Waals surface area contributed by atoms with E-state index in [2.05, 4.69) is 44.8 Å². The summed E-state index contributed by atoms with van der Waals surface area (Å²) in [7, 11) is 2.04. The Balaban J connectivity index is 4.40. The molecule has 2 nitrogen and oxygen atoms in total. The maximum Gasteiger partial charge on any atom is 0.0246 e. The predicted molar refractivity (Wildman–Crippen MR) is 64.7 cm³/mol. The zero-order valence-electron chi connectivity index (χ0n) is 10.8. The fourth-order valence-corrected chi connectivity index (χ4v) is 2.05. The fourth-order valence-electron chi connectivity index (χ4n) is 2.05. The lowest BCUT2D eigenvalue weighted by Crippen LogP contribution is -2.48. The first-order valence-corrected chi connectivity index (χ1v) is 5.98. The highest BCUT2D eigenvalue weighted by molar-refractivity contribution is 4.79. The number of nitrogens with one attached hydrogen (secondary N) is 1. The van der Waals surface area contributed by atoms with Crippen molar-refractivity contribution in [2.24, 2.45) is 5.92 Å². The monoisotopic (exact) mass is 200 g/mol. The fraction of sp³-hybridized carbons (Fsp3) is 1.00. The van der Waals surface area contributed by atoms with Gasteiger partial charge in [0.1, 0.15) is 0 Å². The number of hydrogen-bond acceptors (Lipinski definition) is 2. The summed E-state index contributed by atoms with van der Waals surface area (Å²) in [6.45, 7) is 13.7. The van der Waals surface area contributed by atoms with E-state index in [0.717, 1.165) is 19.0 Å². The Morgan fingerprint density at radius 3 is 2.00 bits per heavy atom. The Kier molecular flexibility index (Phi) is 7.20. The molecule has 0 aromatic rings. The van der Waals surface area contributed by atoms with Gasteiger partial charge in [-0.05, 0) is 32.9 Å². The highest BCUT2D eigenvalue weighted by Crippen LogP contribution is 2.15. The molecule has 0 radical (unpaired) electrons. The van der Waals surface area contributed by atoms with Gasteiger partial charge in [0, 0.05) is 18.6 Å². The minimum Gasteiger partial charge on any atom is -0.318 e. The van der Waals surface area contributed by atoms with Gasteiger partial charge in [-0.3, -0.25) is 4.90 Å². The van der Waals surface area contributed by atoms with Crippen LogP contribution >= 0.6 is 0 Å². The van der Waals surface area contributed by atoms with Crippen LogP contribution in [0.25, 0.3) is 0 Å². The molecule has 0 heterocycles. The van der Waals surface area contributed by atoms with Gasteiger partial charge in [0.05, 0.1) is 0 Å². The van der Waals surface area contributed by atoms with E-state index in [-0.39, 0.29) is 0 Å². The molecule has 0 fully saturated rings. The molecule has 86 valence electrons. The van der Waals surface area contributed by atoms with Crippen molar-refractivity contribution < 1.29 is 0 Å². The van der Waals surface area contributed by atoms with Gasteiger partial charge >= 0.3 is 0 Å². The molecular weight excluding hydrogens is 172 g/mol. The van der Waals surface area contributed by atoms with Gasteiger partial charge in [-0.1, -0.05) is 27.7 Å². The molecular formula is C12H28N2. The van der Waals surface area contributed by atoms with Gasteiger partial charge in [0.25, 0.3) is 0 Å². The zero-order valence-corrected chi connectivity index (χ0v) is 10.8. The summed E-state index contributed by atoms with van der Waals surface area (Å²) in [4.78, 5) is 2.61. The third-order valence-electron chi connectivity index (χ3n) is 3.13. The van der Waals surface area contributed by atoms with Crippen molar-refractivity contribution in [1.29, 1.82) is 0 Å². The second-order valence-electron chi connectivity index (χ2n) is 4.46. The first-order valence-electron chi connectivity index (χ1n) is 5.98. The van der Waals surface area contributed by atoms with E-state index in [0.29, 0.717) is 12.1 Å². The molecule has 0 aliphatic rings. The lowest BCUT2D eigenvalue weighted by atomic mass is 10.00. The second-order valence-corrected chi connectivity index (χ2v) is 4.46. The number of hydrogen-bond donors (Lipinski definition) is 1. The topological polar surface area (TPSA) is 15.3 Å². The molecule has 0 aromatic carbocycles. The molecule has 0 rings (SSSR count). The Bertz CT molecular complexity index is 134. The average Bonchev–Trinajstić information content (AvgIpc) is 2.16. The largest absolute Gasteiger partial charge is 0.318 e. The Morgan fingerprint density at radius 2 is 1.71 bits per heavy atom. The van der Waals surface area contributed by atoms with Crippen LogP contribution in [-0.2, 0) is 0 Å². The maximum atomic E-state index is 3.30. The van der Waals surface area contributed by atoms with Crippen LogP contribution in [0, 0.1) is 5.92 Å². The van der Waals surface area contributed by atoms with Crippen LogP contribution in [0.5, 0.6) is 0 Å². The summed E-state index contributed by atoms with van der Waals surface area (Å²) < 4.78 is 0. The first kappa shape index (κ1) is 13.9. The van der Waals surface area contributed by atoms with E-state index in [9.17, 15) is 0 Å². The third kappa shape index (κ3) is 3.97. The number of likely N-dealkylation sites (N-methyl/N-ethyl adjacent to an activating group) is 2. The maximum absolute atomic E-state index is 3.30. The highest BCUT2D eigenvalue weighted by Gasteiger charge is 2.22. The molecule has 0 spiro atoms. The van der Waals surface area contributed by atoms with Crippen molar-refractivity contribution in [3.8, 4) is 0 Å². The van der Waals surface area contributed by atoms with Crippen LogP contribution in [0.2, 0.25) is 0 Å². The summed E-state index contributed by atoms with van der Waals surface area (Å²) in [5.41, 5.74) is 0. The van der Waals surface area contributed by atoms with E-state index in [1.165, 1.54) is 6.42 Å². The summed E-state index contributed by atoms with van der Waals surface area (Å²) in [6.07, 6.45) is 1.24. The van der Waals surface area contributed by atoms with E-state index >= 15 is 0 Å². The summed E-state index contributed by atoms with van der Waals surface area (Å²) in [6, 6.07) is 1.36. The van der Waals surface area contributed by atoms with E-state index < -0.39 is 0 Å². The first-order chi connectivity index (χ1) is 6.58. The lowest BCUT2D eigenvalue weighted by molar-refractivity contribution is 0.113. The minimum absolute atomic E-state index is 0.667. The molecule has 14 heavy (non-hydrogen) atoms. The predicted octanol–water partition coefficient (Wildman–Crippen LogP) is 2.35. The van der Waals surface area contributed by atoms with Crippen LogP contribution in [-0.4, -0.2) is 37.1 Å². The van der Waals surface area contributed by atoms with E-state index in [1.807, 2.05) is 7.05 Å². The SMILES string of the molecule is CCC(C)N(CC)C(CNC)C(C)C. The molecule has 0 aliphatic carbocycles. The molecule has 0 amide bonds. The van der Waals surface area contributed by atoms with Crippen molar-refractivity contribution in [3.05, 3.63) is 0 Å². The molecule has 2 atom stereocenters. The van der Waals surface area contributed by atoms with Crippen molar-refractivity contribution in [3.63, 3.8) is 0 Å². The summed E-state index contributed by atoms with van der Waals surface area (Å²) in [5.74, 6) is 0.719. The van der Waals surface area contributed by atoms with Crippen molar-refractivity contribution in [2.45, 2.75) is 53.1 Å². The second kappa shape index (κ2) is 7.24. The van der Waals surface area contributed by atoms with Gasteiger partial charge in [-0.15, -0.1) is 0 Å². The molecule has 0 aliphatic heterocycles. The normalized spacial score (nSPS) is 16.3. The van der Waals surface area contributed by atoms with Crippen molar-refractivity contribution in [1.82, 2.24) is 10.2 Å². The Labute approximate surface area is 90.1 Å². The average molecular weight is 200 g/mol. The quantitative estimate of drug-likeness (QED) is 0.678. The molecule has 1 N–H and O–H groups in total. The molecule has 0 saturated carbocycles. The van der Waals surface area contributed by atoms with Gasteiger partial charge in [-0.25, -0.2) is 0 Å². The molecule has 2 heteroatoms. The Morgan fingerprint density at radius 1 is 1.14 bits per heavy atom. The zero-order chi connectivity index (χ0) is 11.1. The molecule has 0 aromatic heterocycles. The van der Waals surface area contributed by atoms with E-state index in [1.54, 1.807) is 0 Å². The van der Waals surface area contributed by atoms with Gasteiger partial charge in [0.2, 0.25) is 0 Å². The minimum atomic E-state index is 0.667. The number of nitrogens with zero attached hydrogens (tertiary/aromatic N) is 1. The van der Waals surface area contributed by atoms with Gasteiger partial charge in [-0.2, -0.15) is 0 Å². The standard InChI is InChI=1S/C12H28N2/c1-7-11(5)14(8-2)12(9-13-6)10(3)4/h10-13H,7-9H2,1-6H3. The highest BCUT2D eigenvalue weighted by atomic mass is 15.2. The van der Waals surface area contributed by atoms with Crippen LogP contribution in [0.3, 0.4) is 0 Å².